The van der Waals surface area contributed by atoms with Crippen LogP contribution in [0.2, 0.25) is 0 Å². The van der Waals surface area contributed by atoms with Gasteiger partial charge >= 0.3 is 0 Å². The minimum absolute atomic E-state index is 0.0498. The Labute approximate surface area is 171 Å². The van der Waals surface area contributed by atoms with E-state index in [1.54, 1.807) is 14.2 Å². The molecule has 0 aliphatic heterocycles. The first-order valence-corrected chi connectivity index (χ1v) is 9.78. The maximum Gasteiger partial charge on any atom is 0.191 e. The Bertz CT molecular complexity index is 967. The maximum atomic E-state index is 5.97. The number of ether oxygens (including phenoxy) is 2. The van der Waals surface area contributed by atoms with Crippen LogP contribution in [0.4, 0.5) is 0 Å². The fourth-order valence-electron chi connectivity index (χ4n) is 3.07. The van der Waals surface area contributed by atoms with Gasteiger partial charge in [-0.2, -0.15) is 0 Å². The molecule has 0 saturated heterocycles. The minimum Gasteiger partial charge on any atom is -0.493 e. The van der Waals surface area contributed by atoms with Gasteiger partial charge in [-0.05, 0) is 37.6 Å². The zero-order valence-electron chi connectivity index (χ0n) is 17.5. The number of rotatable bonds is 8. The first kappa shape index (κ1) is 20.5. The molecule has 0 amide bonds. The number of pyridine rings is 1. The van der Waals surface area contributed by atoms with E-state index >= 15 is 0 Å². The zero-order valence-corrected chi connectivity index (χ0v) is 17.5. The van der Waals surface area contributed by atoms with Crippen LogP contribution >= 0.6 is 0 Å². The van der Waals surface area contributed by atoms with Gasteiger partial charge in [0.15, 0.2) is 17.5 Å². The standard InChI is InChI=1S/C22H29N5O2/c1-16-8-7-13-27-15-18(26-21(16)27)11-12-24-22(23-3)25-14-17(2)29-20-10-6-5-9-19(20)28-4/h5-10,13,15,17H,11-12,14H2,1-4H3,(H2,23,24,25). The molecule has 2 heterocycles. The lowest BCUT2D eigenvalue weighted by Crippen LogP contribution is -2.42. The average Bonchev–Trinajstić information content (AvgIpc) is 3.15. The maximum absolute atomic E-state index is 5.97. The molecule has 3 rings (SSSR count). The van der Waals surface area contributed by atoms with Gasteiger partial charge in [-0.25, -0.2) is 4.98 Å². The number of imidazole rings is 1. The zero-order chi connectivity index (χ0) is 20.6. The third kappa shape index (κ3) is 5.40. The number of benzene rings is 1. The highest BCUT2D eigenvalue weighted by atomic mass is 16.5. The molecule has 0 aliphatic rings. The van der Waals surface area contributed by atoms with E-state index < -0.39 is 0 Å². The summed E-state index contributed by atoms with van der Waals surface area (Å²) in [7, 11) is 3.40. The molecular weight excluding hydrogens is 366 g/mol. The summed E-state index contributed by atoms with van der Waals surface area (Å²) in [5.41, 5.74) is 3.23. The number of nitrogens with zero attached hydrogens (tertiary/aromatic N) is 3. The molecule has 0 spiro atoms. The lowest BCUT2D eigenvalue weighted by molar-refractivity contribution is 0.213. The Morgan fingerprint density at radius 3 is 2.69 bits per heavy atom. The van der Waals surface area contributed by atoms with Gasteiger partial charge in [0.2, 0.25) is 0 Å². The SMILES string of the molecule is CN=C(NCCc1cn2cccc(C)c2n1)NCC(C)Oc1ccccc1OC. The van der Waals surface area contributed by atoms with Crippen LogP contribution in [0.25, 0.3) is 5.65 Å². The Hall–Kier alpha value is -3.22. The number of hydrogen-bond donors (Lipinski definition) is 2. The number of guanidine groups is 1. The van der Waals surface area contributed by atoms with Crippen molar-refractivity contribution in [3.05, 3.63) is 60.0 Å². The van der Waals surface area contributed by atoms with E-state index in [0.29, 0.717) is 6.54 Å². The predicted octanol–water partition coefficient (Wildman–Crippen LogP) is 2.83. The quantitative estimate of drug-likeness (QED) is 0.453. The number of aryl methyl sites for hydroxylation is 1. The number of aromatic nitrogens is 2. The molecule has 1 aromatic carbocycles. The number of para-hydroxylation sites is 2. The minimum atomic E-state index is -0.0498. The van der Waals surface area contributed by atoms with E-state index in [2.05, 4.69) is 39.2 Å². The van der Waals surface area contributed by atoms with Gasteiger partial charge in [0.05, 0.1) is 19.3 Å². The molecule has 2 aromatic heterocycles. The summed E-state index contributed by atoms with van der Waals surface area (Å²) in [5.74, 6) is 2.19. The van der Waals surface area contributed by atoms with Gasteiger partial charge in [-0.15, -0.1) is 0 Å². The van der Waals surface area contributed by atoms with Crippen molar-refractivity contribution in [2.45, 2.75) is 26.4 Å². The molecule has 7 nitrogen and oxygen atoms in total. The molecule has 7 heteroatoms. The molecule has 0 aliphatic carbocycles. The molecule has 154 valence electrons. The molecule has 0 fully saturated rings. The number of hydrogen-bond acceptors (Lipinski definition) is 4. The first-order valence-electron chi connectivity index (χ1n) is 9.78. The molecule has 3 aromatic rings. The van der Waals surface area contributed by atoms with Crippen molar-refractivity contribution in [1.29, 1.82) is 0 Å². The Kier molecular flexibility index (Phi) is 6.94. The van der Waals surface area contributed by atoms with Crippen molar-refractivity contribution in [2.24, 2.45) is 4.99 Å². The van der Waals surface area contributed by atoms with Crippen LogP contribution in [0.1, 0.15) is 18.2 Å². The van der Waals surface area contributed by atoms with Gasteiger partial charge in [0, 0.05) is 32.4 Å². The third-order valence-corrected chi connectivity index (χ3v) is 4.58. The second-order valence-corrected chi connectivity index (χ2v) is 6.86. The van der Waals surface area contributed by atoms with Crippen LogP contribution in [0.5, 0.6) is 11.5 Å². The highest BCUT2D eigenvalue weighted by molar-refractivity contribution is 5.79. The summed E-state index contributed by atoms with van der Waals surface area (Å²) in [4.78, 5) is 8.98. The van der Waals surface area contributed by atoms with Crippen LogP contribution in [0.3, 0.4) is 0 Å². The number of nitrogens with one attached hydrogen (secondary N) is 2. The van der Waals surface area contributed by atoms with Gasteiger partial charge in [-0.1, -0.05) is 18.2 Å². The molecule has 0 bridgehead atoms. The van der Waals surface area contributed by atoms with E-state index in [0.717, 1.165) is 41.8 Å². The fourth-order valence-corrected chi connectivity index (χ4v) is 3.07. The Morgan fingerprint density at radius 2 is 1.97 bits per heavy atom. The fraction of sp³-hybridized carbons (Fsp3) is 0.364. The van der Waals surface area contributed by atoms with E-state index in [9.17, 15) is 0 Å². The van der Waals surface area contributed by atoms with Crippen molar-refractivity contribution in [1.82, 2.24) is 20.0 Å². The summed E-state index contributed by atoms with van der Waals surface area (Å²) in [6.07, 6.45) is 4.86. The average molecular weight is 396 g/mol. The number of methoxy groups -OCH3 is 1. The van der Waals surface area contributed by atoms with Crippen molar-refractivity contribution in [3.8, 4) is 11.5 Å². The molecule has 0 radical (unpaired) electrons. The molecule has 1 atom stereocenters. The highest BCUT2D eigenvalue weighted by Crippen LogP contribution is 2.26. The molecule has 0 saturated carbocycles. The van der Waals surface area contributed by atoms with E-state index in [-0.39, 0.29) is 6.10 Å². The molecule has 1 unspecified atom stereocenters. The lowest BCUT2D eigenvalue weighted by Gasteiger charge is -2.19. The van der Waals surface area contributed by atoms with Crippen molar-refractivity contribution < 1.29 is 9.47 Å². The molecular formula is C22H29N5O2. The molecule has 2 N–H and O–H groups in total. The smallest absolute Gasteiger partial charge is 0.191 e. The third-order valence-electron chi connectivity index (χ3n) is 4.58. The van der Waals surface area contributed by atoms with Crippen LogP contribution < -0.4 is 20.1 Å². The summed E-state index contributed by atoms with van der Waals surface area (Å²) < 4.78 is 13.4. The summed E-state index contributed by atoms with van der Waals surface area (Å²) in [5, 5.41) is 6.62. The van der Waals surface area contributed by atoms with E-state index in [4.69, 9.17) is 14.5 Å². The van der Waals surface area contributed by atoms with Gasteiger partial charge in [0.25, 0.3) is 0 Å². The second-order valence-electron chi connectivity index (χ2n) is 6.86. The summed E-state index contributed by atoms with van der Waals surface area (Å²) >= 11 is 0. The largest absolute Gasteiger partial charge is 0.493 e. The number of fused-ring (bicyclic) bond motifs is 1. The normalized spacial score (nSPS) is 12.6. The van der Waals surface area contributed by atoms with Gasteiger partial charge in [0.1, 0.15) is 11.8 Å². The number of aliphatic imine (C=N–C) groups is 1. The summed E-state index contributed by atoms with van der Waals surface area (Å²) in [6, 6.07) is 11.7. The predicted molar refractivity (Wildman–Crippen MR) is 116 cm³/mol. The molecule has 29 heavy (non-hydrogen) atoms. The van der Waals surface area contributed by atoms with Crippen molar-refractivity contribution in [3.63, 3.8) is 0 Å². The Morgan fingerprint density at radius 1 is 1.17 bits per heavy atom. The topological polar surface area (TPSA) is 72.2 Å². The lowest BCUT2D eigenvalue weighted by atomic mass is 10.3. The van der Waals surface area contributed by atoms with Crippen molar-refractivity contribution >= 4 is 11.6 Å². The van der Waals surface area contributed by atoms with Gasteiger partial charge < -0.3 is 24.5 Å². The Balaban J connectivity index is 1.46. The van der Waals surface area contributed by atoms with E-state index in [1.807, 2.05) is 43.5 Å². The second kappa shape index (κ2) is 9.82. The van der Waals surface area contributed by atoms with E-state index in [1.165, 1.54) is 5.56 Å². The monoisotopic (exact) mass is 395 g/mol. The van der Waals surface area contributed by atoms with Crippen LogP contribution in [0.15, 0.2) is 53.8 Å². The van der Waals surface area contributed by atoms with Crippen molar-refractivity contribution in [2.75, 3.05) is 27.2 Å². The first-order chi connectivity index (χ1) is 14.1. The van der Waals surface area contributed by atoms with Gasteiger partial charge in [-0.3, -0.25) is 4.99 Å². The highest BCUT2D eigenvalue weighted by Gasteiger charge is 2.10. The van der Waals surface area contributed by atoms with Crippen LogP contribution in [-0.2, 0) is 6.42 Å². The summed E-state index contributed by atoms with van der Waals surface area (Å²) in [6.45, 7) is 5.44. The van der Waals surface area contributed by atoms with Crippen LogP contribution in [0, 0.1) is 6.92 Å². The van der Waals surface area contributed by atoms with Crippen LogP contribution in [-0.4, -0.2) is 48.7 Å².